The van der Waals surface area contributed by atoms with E-state index in [2.05, 4.69) is 0 Å². The Morgan fingerprint density at radius 2 is 1.65 bits per heavy atom. The number of fused-ring (bicyclic) bond motifs is 1. The summed E-state index contributed by atoms with van der Waals surface area (Å²) in [6.07, 6.45) is 1.13. The van der Waals surface area contributed by atoms with Gasteiger partial charge in [-0.25, -0.2) is 8.42 Å². The van der Waals surface area contributed by atoms with Crippen LogP contribution in [0.3, 0.4) is 0 Å². The second kappa shape index (κ2) is 5.52. The van der Waals surface area contributed by atoms with E-state index >= 15 is 0 Å². The molecule has 0 saturated heterocycles. The van der Waals surface area contributed by atoms with E-state index in [1.165, 1.54) is 18.2 Å². The van der Waals surface area contributed by atoms with Gasteiger partial charge in [0.15, 0.2) is 15.6 Å². The smallest absolute Gasteiger partial charge is 0.197 e. The third-order valence-electron chi connectivity index (χ3n) is 3.66. The number of benzene rings is 3. The topological polar surface area (TPSA) is 71.4 Å². The molecule has 0 saturated carbocycles. The molecular weight excluding hydrogens is 312 g/mol. The molecule has 0 fully saturated rings. The third kappa shape index (κ3) is 2.83. The molecule has 116 valence electrons. The van der Waals surface area contributed by atoms with Crippen molar-refractivity contribution in [2.45, 2.75) is 4.90 Å². The molecule has 0 aromatic heterocycles. The van der Waals surface area contributed by atoms with E-state index in [1.807, 2.05) is 0 Å². The zero-order chi connectivity index (χ0) is 16.6. The first kappa shape index (κ1) is 15.2. The maximum atomic E-state index is 12.7. The van der Waals surface area contributed by atoms with Crippen molar-refractivity contribution in [1.82, 2.24) is 0 Å². The molecule has 4 nitrogen and oxygen atoms in total. The summed E-state index contributed by atoms with van der Waals surface area (Å²) in [5, 5.41) is 11.2. The van der Waals surface area contributed by atoms with E-state index in [0.717, 1.165) is 6.26 Å². The quantitative estimate of drug-likeness (QED) is 0.750. The predicted molar refractivity (Wildman–Crippen MR) is 88.6 cm³/mol. The Labute approximate surface area is 133 Å². The first-order valence-corrected chi connectivity index (χ1v) is 8.82. The lowest BCUT2D eigenvalue weighted by molar-refractivity contribution is 0.103. The van der Waals surface area contributed by atoms with Gasteiger partial charge < -0.3 is 5.11 Å². The van der Waals surface area contributed by atoms with Gasteiger partial charge >= 0.3 is 0 Å². The number of hydrogen-bond acceptors (Lipinski definition) is 4. The van der Waals surface area contributed by atoms with Crippen LogP contribution in [0.25, 0.3) is 10.8 Å². The predicted octanol–water partition coefficient (Wildman–Crippen LogP) is 3.18. The maximum Gasteiger partial charge on any atom is 0.197 e. The van der Waals surface area contributed by atoms with Gasteiger partial charge in [0, 0.05) is 11.8 Å². The molecule has 0 bridgehead atoms. The summed E-state index contributed by atoms with van der Waals surface area (Å²) >= 11 is 0. The van der Waals surface area contributed by atoms with Crippen LogP contribution in [-0.2, 0) is 9.84 Å². The highest BCUT2D eigenvalue weighted by Gasteiger charge is 2.18. The lowest BCUT2D eigenvalue weighted by Gasteiger charge is -2.09. The standard InChI is InChI=1S/C18H14O4S/c1-23(21,22)14-8-9-15-13(11-14)7-10-16(19)17(15)18(20)12-5-3-2-4-6-12/h2-11,19H,1H3. The van der Waals surface area contributed by atoms with E-state index < -0.39 is 9.84 Å². The lowest BCUT2D eigenvalue weighted by atomic mass is 9.96. The van der Waals surface area contributed by atoms with Crippen molar-refractivity contribution < 1.29 is 18.3 Å². The number of phenols is 1. The van der Waals surface area contributed by atoms with Crippen molar-refractivity contribution in [2.24, 2.45) is 0 Å². The fraction of sp³-hybridized carbons (Fsp3) is 0.0556. The van der Waals surface area contributed by atoms with Crippen molar-refractivity contribution in [1.29, 1.82) is 0 Å². The molecule has 5 heteroatoms. The number of carbonyl (C=O) groups excluding carboxylic acids is 1. The Morgan fingerprint density at radius 1 is 0.957 bits per heavy atom. The molecule has 0 aliphatic carbocycles. The molecule has 3 rings (SSSR count). The molecule has 3 aromatic rings. The first-order valence-electron chi connectivity index (χ1n) is 6.93. The van der Waals surface area contributed by atoms with Gasteiger partial charge in [-0.05, 0) is 29.0 Å². The monoisotopic (exact) mass is 326 g/mol. The molecule has 0 aliphatic heterocycles. The van der Waals surface area contributed by atoms with E-state index in [0.29, 0.717) is 16.3 Å². The third-order valence-corrected chi connectivity index (χ3v) is 4.77. The number of ketones is 1. The highest BCUT2D eigenvalue weighted by atomic mass is 32.2. The Hall–Kier alpha value is -2.66. The first-order chi connectivity index (χ1) is 10.9. The van der Waals surface area contributed by atoms with Crippen LogP contribution >= 0.6 is 0 Å². The Kier molecular flexibility index (Phi) is 3.66. The summed E-state index contributed by atoms with van der Waals surface area (Å²) in [5.41, 5.74) is 0.635. The molecule has 0 heterocycles. The summed E-state index contributed by atoms with van der Waals surface area (Å²) in [7, 11) is -3.34. The molecule has 23 heavy (non-hydrogen) atoms. The fourth-order valence-electron chi connectivity index (χ4n) is 2.50. The zero-order valence-corrected chi connectivity index (χ0v) is 13.2. The summed E-state index contributed by atoms with van der Waals surface area (Å²) in [5.74, 6) is -0.431. The fourth-order valence-corrected chi connectivity index (χ4v) is 3.16. The highest BCUT2D eigenvalue weighted by molar-refractivity contribution is 7.90. The minimum Gasteiger partial charge on any atom is -0.507 e. The molecular formula is C18H14O4S. The van der Waals surface area contributed by atoms with Gasteiger partial charge in [-0.1, -0.05) is 42.5 Å². The molecule has 3 aromatic carbocycles. The van der Waals surface area contributed by atoms with Crippen LogP contribution in [0, 0.1) is 0 Å². The normalized spacial score (nSPS) is 11.5. The maximum absolute atomic E-state index is 12.7. The number of carbonyl (C=O) groups is 1. The second-order valence-corrected chi connectivity index (χ2v) is 7.33. The molecule has 1 N–H and O–H groups in total. The van der Waals surface area contributed by atoms with Crippen molar-refractivity contribution in [3.63, 3.8) is 0 Å². The van der Waals surface area contributed by atoms with Crippen LogP contribution in [0.5, 0.6) is 5.75 Å². The van der Waals surface area contributed by atoms with E-state index in [9.17, 15) is 18.3 Å². The Balaban J connectivity index is 2.25. The number of sulfone groups is 1. The van der Waals surface area contributed by atoms with Gasteiger partial charge in [0.1, 0.15) is 5.75 Å². The van der Waals surface area contributed by atoms with Crippen molar-refractivity contribution in [2.75, 3.05) is 6.26 Å². The van der Waals surface area contributed by atoms with Gasteiger partial charge in [0.2, 0.25) is 0 Å². The summed E-state index contributed by atoms with van der Waals surface area (Å²) < 4.78 is 23.3. The van der Waals surface area contributed by atoms with Crippen LogP contribution in [0.2, 0.25) is 0 Å². The summed E-state index contributed by atoms with van der Waals surface area (Å²) in [4.78, 5) is 12.9. The van der Waals surface area contributed by atoms with Crippen LogP contribution < -0.4 is 0 Å². The molecule has 0 unspecified atom stereocenters. The van der Waals surface area contributed by atoms with Crippen molar-refractivity contribution in [3.05, 3.63) is 71.8 Å². The molecule has 0 radical (unpaired) electrons. The van der Waals surface area contributed by atoms with Gasteiger partial charge in [-0.3, -0.25) is 4.79 Å². The number of rotatable bonds is 3. The van der Waals surface area contributed by atoms with Gasteiger partial charge in [0.25, 0.3) is 0 Å². The summed E-state index contributed by atoms with van der Waals surface area (Å²) in [6.45, 7) is 0. The molecule has 0 amide bonds. The SMILES string of the molecule is CS(=O)(=O)c1ccc2c(C(=O)c3ccccc3)c(O)ccc2c1. The zero-order valence-electron chi connectivity index (χ0n) is 12.4. The van der Waals surface area contributed by atoms with Gasteiger partial charge in [-0.2, -0.15) is 0 Å². The van der Waals surface area contributed by atoms with Crippen LogP contribution in [0.4, 0.5) is 0 Å². The summed E-state index contributed by atoms with van der Waals surface area (Å²) in [6, 6.07) is 16.2. The van der Waals surface area contributed by atoms with E-state index in [4.69, 9.17) is 0 Å². The lowest BCUT2D eigenvalue weighted by Crippen LogP contribution is -2.03. The minimum atomic E-state index is -3.34. The molecule has 0 spiro atoms. The average Bonchev–Trinajstić information content (AvgIpc) is 2.53. The van der Waals surface area contributed by atoms with Crippen molar-refractivity contribution in [3.8, 4) is 5.75 Å². The number of phenolic OH excluding ortho intramolecular Hbond substituents is 1. The Morgan fingerprint density at radius 3 is 2.30 bits per heavy atom. The van der Waals surface area contributed by atoms with E-state index in [-0.39, 0.29) is 22.0 Å². The van der Waals surface area contributed by atoms with E-state index in [1.54, 1.807) is 42.5 Å². The Bertz CT molecular complexity index is 1010. The van der Waals surface area contributed by atoms with Crippen LogP contribution in [0.1, 0.15) is 15.9 Å². The highest BCUT2D eigenvalue weighted by Crippen LogP contribution is 2.30. The van der Waals surface area contributed by atoms with Crippen LogP contribution in [-0.4, -0.2) is 25.6 Å². The minimum absolute atomic E-state index is 0.126. The molecule has 0 aliphatic rings. The van der Waals surface area contributed by atoms with Gasteiger partial charge in [0.05, 0.1) is 10.5 Å². The number of hydrogen-bond donors (Lipinski definition) is 1. The largest absolute Gasteiger partial charge is 0.507 e. The van der Waals surface area contributed by atoms with Gasteiger partial charge in [-0.15, -0.1) is 0 Å². The molecule has 0 atom stereocenters. The van der Waals surface area contributed by atoms with Crippen molar-refractivity contribution >= 4 is 26.4 Å². The second-order valence-electron chi connectivity index (χ2n) is 5.31. The number of aromatic hydroxyl groups is 1. The van der Waals surface area contributed by atoms with Crippen LogP contribution in [0.15, 0.2) is 65.6 Å². The average molecular weight is 326 g/mol.